The van der Waals surface area contributed by atoms with Gasteiger partial charge in [-0.3, -0.25) is 5.32 Å². The Kier molecular flexibility index (Phi) is 2.82. The molecule has 14 heavy (non-hydrogen) atoms. The SMILES string of the molecule is CNC(OC)c1csc2ccccc12. The van der Waals surface area contributed by atoms with Crippen molar-refractivity contribution in [3.05, 3.63) is 35.2 Å². The summed E-state index contributed by atoms with van der Waals surface area (Å²) in [5, 5.41) is 6.56. The molecule has 1 N–H and O–H groups in total. The smallest absolute Gasteiger partial charge is 0.135 e. The van der Waals surface area contributed by atoms with Crippen LogP contribution in [0.4, 0.5) is 0 Å². The fraction of sp³-hybridized carbons (Fsp3) is 0.273. The van der Waals surface area contributed by atoms with Gasteiger partial charge in [0.05, 0.1) is 0 Å². The van der Waals surface area contributed by atoms with E-state index < -0.39 is 0 Å². The summed E-state index contributed by atoms with van der Waals surface area (Å²) < 4.78 is 6.65. The number of thiophene rings is 1. The summed E-state index contributed by atoms with van der Waals surface area (Å²) in [5.41, 5.74) is 1.22. The summed E-state index contributed by atoms with van der Waals surface area (Å²) in [7, 11) is 3.62. The van der Waals surface area contributed by atoms with Crippen LogP contribution in [0.1, 0.15) is 11.8 Å². The molecule has 1 atom stereocenters. The number of ether oxygens (including phenoxy) is 1. The Labute approximate surface area is 87.5 Å². The molecule has 0 amide bonds. The van der Waals surface area contributed by atoms with E-state index in [1.807, 2.05) is 7.05 Å². The fourth-order valence-corrected chi connectivity index (χ4v) is 2.58. The molecule has 0 fully saturated rings. The predicted molar refractivity (Wildman–Crippen MR) is 60.6 cm³/mol. The third-order valence-corrected chi connectivity index (χ3v) is 3.27. The van der Waals surface area contributed by atoms with Gasteiger partial charge in [-0.25, -0.2) is 0 Å². The molecule has 0 aliphatic rings. The Hall–Kier alpha value is -0.900. The van der Waals surface area contributed by atoms with Gasteiger partial charge in [0.1, 0.15) is 6.23 Å². The lowest BCUT2D eigenvalue weighted by Gasteiger charge is -2.13. The van der Waals surface area contributed by atoms with Crippen LogP contribution in [-0.2, 0) is 4.74 Å². The third-order valence-electron chi connectivity index (χ3n) is 2.29. The summed E-state index contributed by atoms with van der Waals surface area (Å²) in [6, 6.07) is 8.38. The van der Waals surface area contributed by atoms with E-state index in [0.29, 0.717) is 0 Å². The second-order valence-corrected chi connectivity index (χ2v) is 4.00. The number of hydrogen-bond acceptors (Lipinski definition) is 3. The molecule has 74 valence electrons. The van der Waals surface area contributed by atoms with Crippen molar-refractivity contribution in [2.45, 2.75) is 6.23 Å². The zero-order chi connectivity index (χ0) is 9.97. The highest BCUT2D eigenvalue weighted by Gasteiger charge is 2.12. The highest BCUT2D eigenvalue weighted by molar-refractivity contribution is 7.17. The zero-order valence-electron chi connectivity index (χ0n) is 8.28. The lowest BCUT2D eigenvalue weighted by atomic mass is 10.1. The first kappa shape index (κ1) is 9.65. The molecule has 1 aromatic heterocycles. The first-order chi connectivity index (χ1) is 6.86. The van der Waals surface area contributed by atoms with Crippen LogP contribution < -0.4 is 5.32 Å². The van der Waals surface area contributed by atoms with Gasteiger partial charge in [0.2, 0.25) is 0 Å². The van der Waals surface area contributed by atoms with Crippen LogP contribution >= 0.6 is 11.3 Å². The fourth-order valence-electron chi connectivity index (χ4n) is 1.60. The van der Waals surface area contributed by atoms with E-state index in [-0.39, 0.29) is 6.23 Å². The highest BCUT2D eigenvalue weighted by Crippen LogP contribution is 2.30. The molecule has 0 radical (unpaired) electrons. The minimum absolute atomic E-state index is 0.00819. The monoisotopic (exact) mass is 207 g/mol. The van der Waals surface area contributed by atoms with Gasteiger partial charge < -0.3 is 4.74 Å². The maximum absolute atomic E-state index is 5.35. The second-order valence-electron chi connectivity index (χ2n) is 3.09. The molecule has 0 aliphatic heterocycles. The average Bonchev–Trinajstić information content (AvgIpc) is 2.65. The molecule has 2 aromatic rings. The van der Waals surface area contributed by atoms with Crippen molar-refractivity contribution in [1.82, 2.24) is 5.32 Å². The molecule has 0 bridgehead atoms. The van der Waals surface area contributed by atoms with E-state index in [9.17, 15) is 0 Å². The largest absolute Gasteiger partial charge is 0.362 e. The van der Waals surface area contributed by atoms with Crippen LogP contribution in [0.25, 0.3) is 10.1 Å². The van der Waals surface area contributed by atoms with E-state index in [1.165, 1.54) is 15.6 Å². The van der Waals surface area contributed by atoms with Crippen LogP contribution in [0.15, 0.2) is 29.6 Å². The quantitative estimate of drug-likeness (QED) is 0.781. The Morgan fingerprint density at radius 1 is 1.36 bits per heavy atom. The summed E-state index contributed by atoms with van der Waals surface area (Å²) in [6.07, 6.45) is -0.00819. The van der Waals surface area contributed by atoms with E-state index >= 15 is 0 Å². The van der Waals surface area contributed by atoms with E-state index in [4.69, 9.17) is 4.74 Å². The maximum atomic E-state index is 5.35. The second kappa shape index (κ2) is 4.09. The lowest BCUT2D eigenvalue weighted by Crippen LogP contribution is -2.17. The van der Waals surface area contributed by atoms with E-state index in [2.05, 4.69) is 35.0 Å². The van der Waals surface area contributed by atoms with Gasteiger partial charge in [0.15, 0.2) is 0 Å². The van der Waals surface area contributed by atoms with E-state index in [1.54, 1.807) is 18.4 Å². The molecule has 0 saturated carbocycles. The normalized spacial score (nSPS) is 13.3. The van der Waals surface area contributed by atoms with Gasteiger partial charge >= 0.3 is 0 Å². The number of methoxy groups -OCH3 is 1. The molecule has 2 rings (SSSR count). The Balaban J connectivity index is 2.51. The van der Waals surface area contributed by atoms with E-state index in [0.717, 1.165) is 0 Å². The minimum atomic E-state index is -0.00819. The molecule has 1 aromatic carbocycles. The van der Waals surface area contributed by atoms with Gasteiger partial charge in [-0.15, -0.1) is 11.3 Å². The molecule has 3 heteroatoms. The van der Waals surface area contributed by atoms with Crippen LogP contribution in [-0.4, -0.2) is 14.2 Å². The molecule has 2 nitrogen and oxygen atoms in total. The molecule has 0 saturated heterocycles. The maximum Gasteiger partial charge on any atom is 0.135 e. The molecular formula is C11H13NOS. The average molecular weight is 207 g/mol. The molecule has 1 unspecified atom stereocenters. The number of hydrogen-bond donors (Lipinski definition) is 1. The van der Waals surface area contributed by atoms with Crippen molar-refractivity contribution < 1.29 is 4.74 Å². The number of fused-ring (bicyclic) bond motifs is 1. The number of nitrogens with one attached hydrogen (secondary N) is 1. The number of rotatable bonds is 3. The third kappa shape index (κ3) is 1.54. The Morgan fingerprint density at radius 3 is 2.86 bits per heavy atom. The van der Waals surface area contributed by atoms with Gasteiger partial charge in [0.25, 0.3) is 0 Å². The standard InChI is InChI=1S/C11H13NOS/c1-12-11(13-2)9-7-14-10-6-4-3-5-8(9)10/h3-7,11-12H,1-2H3. The minimum Gasteiger partial charge on any atom is -0.362 e. The summed E-state index contributed by atoms with van der Waals surface area (Å²) in [5.74, 6) is 0. The summed E-state index contributed by atoms with van der Waals surface area (Å²) in [4.78, 5) is 0. The van der Waals surface area contributed by atoms with Gasteiger partial charge in [0, 0.05) is 17.4 Å². The van der Waals surface area contributed by atoms with Crippen molar-refractivity contribution in [3.63, 3.8) is 0 Å². The topological polar surface area (TPSA) is 21.3 Å². The molecule has 0 aliphatic carbocycles. The van der Waals surface area contributed by atoms with Crippen LogP contribution in [0.3, 0.4) is 0 Å². The molecular weight excluding hydrogens is 194 g/mol. The summed E-state index contributed by atoms with van der Waals surface area (Å²) in [6.45, 7) is 0. The van der Waals surface area contributed by atoms with Crippen molar-refractivity contribution in [1.29, 1.82) is 0 Å². The van der Waals surface area contributed by atoms with Gasteiger partial charge in [-0.05, 0) is 23.9 Å². The Morgan fingerprint density at radius 2 is 2.14 bits per heavy atom. The molecule has 0 spiro atoms. The van der Waals surface area contributed by atoms with Crippen LogP contribution in [0.5, 0.6) is 0 Å². The highest BCUT2D eigenvalue weighted by atomic mass is 32.1. The first-order valence-electron chi connectivity index (χ1n) is 4.53. The van der Waals surface area contributed by atoms with Crippen molar-refractivity contribution >= 4 is 21.4 Å². The number of benzene rings is 1. The van der Waals surface area contributed by atoms with Crippen molar-refractivity contribution in [2.24, 2.45) is 0 Å². The van der Waals surface area contributed by atoms with Crippen molar-refractivity contribution in [2.75, 3.05) is 14.2 Å². The van der Waals surface area contributed by atoms with Gasteiger partial charge in [-0.1, -0.05) is 18.2 Å². The zero-order valence-corrected chi connectivity index (χ0v) is 9.10. The van der Waals surface area contributed by atoms with Crippen LogP contribution in [0, 0.1) is 0 Å². The summed E-state index contributed by atoms with van der Waals surface area (Å²) >= 11 is 1.75. The van der Waals surface area contributed by atoms with Crippen LogP contribution in [0.2, 0.25) is 0 Å². The first-order valence-corrected chi connectivity index (χ1v) is 5.41. The van der Waals surface area contributed by atoms with Crippen molar-refractivity contribution in [3.8, 4) is 0 Å². The molecule has 1 heterocycles. The Bertz CT molecular complexity index is 420. The predicted octanol–water partition coefficient (Wildman–Crippen LogP) is 2.77. The van der Waals surface area contributed by atoms with Gasteiger partial charge in [-0.2, -0.15) is 0 Å². The lowest BCUT2D eigenvalue weighted by molar-refractivity contribution is 0.0824.